The standard InChI is InChI=1S/C13H22N2O5/c1-5-6-20-13(19)15(11(16)9(4)14)10(12(17)18)7-8(2)3/h5,8-10H,1,6-7,14H2,2-4H3,(H,17,18)/t9-,10+/m1/s1. The number of imide groups is 1. The predicted molar refractivity (Wildman–Crippen MR) is 72.9 cm³/mol. The Balaban J connectivity index is 5.34. The van der Waals surface area contributed by atoms with Gasteiger partial charge in [-0.15, -0.1) is 0 Å². The van der Waals surface area contributed by atoms with Crippen LogP contribution >= 0.6 is 0 Å². The van der Waals surface area contributed by atoms with Crippen molar-refractivity contribution in [2.24, 2.45) is 11.7 Å². The lowest BCUT2D eigenvalue weighted by molar-refractivity contribution is -0.149. The minimum Gasteiger partial charge on any atom is -0.480 e. The maximum atomic E-state index is 12.0. The van der Waals surface area contributed by atoms with Gasteiger partial charge in [-0.2, -0.15) is 0 Å². The number of amides is 2. The Labute approximate surface area is 118 Å². The SMILES string of the molecule is C=CCOC(=O)N(C(=O)[C@@H](C)N)[C@@H](CC(C)C)C(=O)O. The van der Waals surface area contributed by atoms with Gasteiger partial charge in [-0.1, -0.05) is 26.5 Å². The molecule has 0 bridgehead atoms. The molecule has 114 valence electrons. The molecule has 0 saturated heterocycles. The third kappa shape index (κ3) is 5.40. The van der Waals surface area contributed by atoms with Gasteiger partial charge in [0.1, 0.15) is 12.6 Å². The highest BCUT2D eigenvalue weighted by Gasteiger charge is 2.37. The summed E-state index contributed by atoms with van der Waals surface area (Å²) in [6, 6.07) is -2.30. The first-order chi connectivity index (χ1) is 9.22. The van der Waals surface area contributed by atoms with Gasteiger partial charge < -0.3 is 15.6 Å². The second-order valence-electron chi connectivity index (χ2n) is 4.85. The molecule has 2 atom stereocenters. The molecule has 0 unspecified atom stereocenters. The van der Waals surface area contributed by atoms with E-state index in [4.69, 9.17) is 10.5 Å². The zero-order valence-corrected chi connectivity index (χ0v) is 12.0. The molecule has 0 aromatic carbocycles. The van der Waals surface area contributed by atoms with E-state index in [1.807, 2.05) is 0 Å². The van der Waals surface area contributed by atoms with E-state index in [0.717, 1.165) is 0 Å². The van der Waals surface area contributed by atoms with Crippen molar-refractivity contribution in [3.63, 3.8) is 0 Å². The molecule has 0 heterocycles. The number of carboxylic acids is 1. The zero-order valence-electron chi connectivity index (χ0n) is 12.0. The monoisotopic (exact) mass is 286 g/mol. The number of nitrogens with zero attached hydrogens (tertiary/aromatic N) is 1. The summed E-state index contributed by atoms with van der Waals surface area (Å²) in [5.74, 6) is -2.08. The van der Waals surface area contributed by atoms with Gasteiger partial charge in [0.15, 0.2) is 0 Å². The number of carbonyl (C=O) groups is 3. The van der Waals surface area contributed by atoms with Crippen molar-refractivity contribution in [1.82, 2.24) is 4.90 Å². The molecule has 0 spiro atoms. The molecule has 0 radical (unpaired) electrons. The second kappa shape index (κ2) is 8.31. The summed E-state index contributed by atoms with van der Waals surface area (Å²) in [6.45, 7) is 8.22. The van der Waals surface area contributed by atoms with Gasteiger partial charge in [0.05, 0.1) is 6.04 Å². The highest BCUT2D eigenvalue weighted by molar-refractivity contribution is 5.98. The van der Waals surface area contributed by atoms with E-state index in [1.165, 1.54) is 13.0 Å². The lowest BCUT2D eigenvalue weighted by Gasteiger charge is -2.28. The fraction of sp³-hybridized carbons (Fsp3) is 0.615. The molecule has 7 nitrogen and oxygen atoms in total. The molecule has 0 aliphatic carbocycles. The van der Waals surface area contributed by atoms with Crippen LogP contribution in [-0.2, 0) is 14.3 Å². The molecule has 0 rings (SSSR count). The number of hydrogen-bond donors (Lipinski definition) is 2. The molecule has 20 heavy (non-hydrogen) atoms. The number of carbonyl (C=O) groups excluding carboxylic acids is 2. The van der Waals surface area contributed by atoms with Crippen molar-refractivity contribution in [2.45, 2.75) is 39.3 Å². The van der Waals surface area contributed by atoms with E-state index in [0.29, 0.717) is 4.90 Å². The topological polar surface area (TPSA) is 110 Å². The third-order valence-electron chi connectivity index (χ3n) is 2.44. The van der Waals surface area contributed by atoms with Crippen molar-refractivity contribution in [1.29, 1.82) is 0 Å². The number of aliphatic carboxylic acids is 1. The average Bonchev–Trinajstić information content (AvgIpc) is 2.34. The largest absolute Gasteiger partial charge is 0.480 e. The van der Waals surface area contributed by atoms with Crippen LogP contribution in [0.4, 0.5) is 4.79 Å². The Kier molecular flexibility index (Phi) is 7.53. The van der Waals surface area contributed by atoms with Crippen molar-refractivity contribution < 1.29 is 24.2 Å². The molecule has 0 fully saturated rings. The smallest absolute Gasteiger partial charge is 0.417 e. The molecule has 0 saturated carbocycles. The molecule has 0 aliphatic rings. The molecule has 7 heteroatoms. The molecule has 0 aromatic heterocycles. The van der Waals surface area contributed by atoms with Gasteiger partial charge in [0, 0.05) is 0 Å². The van der Waals surface area contributed by atoms with Crippen LogP contribution in [0.1, 0.15) is 27.2 Å². The first-order valence-electron chi connectivity index (χ1n) is 6.31. The zero-order chi connectivity index (χ0) is 15.9. The van der Waals surface area contributed by atoms with Gasteiger partial charge in [-0.3, -0.25) is 4.79 Å². The molecule has 0 aromatic rings. The second-order valence-corrected chi connectivity index (χ2v) is 4.85. The summed E-state index contributed by atoms with van der Waals surface area (Å²) in [5.41, 5.74) is 5.46. The van der Waals surface area contributed by atoms with Crippen LogP contribution < -0.4 is 5.73 Å². The molecule has 2 amide bonds. The predicted octanol–water partition coefficient (Wildman–Crippen LogP) is 0.984. The lowest BCUT2D eigenvalue weighted by Crippen LogP contribution is -2.54. The van der Waals surface area contributed by atoms with Crippen LogP contribution in [0.15, 0.2) is 12.7 Å². The third-order valence-corrected chi connectivity index (χ3v) is 2.44. The summed E-state index contributed by atoms with van der Waals surface area (Å²) >= 11 is 0. The van der Waals surface area contributed by atoms with Crippen LogP contribution in [0.3, 0.4) is 0 Å². The first-order valence-corrected chi connectivity index (χ1v) is 6.31. The van der Waals surface area contributed by atoms with Crippen molar-refractivity contribution >= 4 is 18.0 Å². The van der Waals surface area contributed by atoms with Crippen molar-refractivity contribution in [3.05, 3.63) is 12.7 Å². The van der Waals surface area contributed by atoms with E-state index < -0.39 is 30.1 Å². The van der Waals surface area contributed by atoms with Crippen molar-refractivity contribution in [3.8, 4) is 0 Å². The fourth-order valence-electron chi connectivity index (χ4n) is 1.55. The Hall–Kier alpha value is -1.89. The van der Waals surface area contributed by atoms with E-state index in [1.54, 1.807) is 13.8 Å². The van der Waals surface area contributed by atoms with E-state index in [9.17, 15) is 19.5 Å². The average molecular weight is 286 g/mol. The van der Waals surface area contributed by atoms with Gasteiger partial charge >= 0.3 is 12.1 Å². The van der Waals surface area contributed by atoms with Crippen LogP contribution in [-0.4, -0.2) is 46.7 Å². The molecule has 3 N–H and O–H groups in total. The van der Waals surface area contributed by atoms with Crippen LogP contribution in [0.2, 0.25) is 0 Å². The summed E-state index contributed by atoms with van der Waals surface area (Å²) in [5, 5.41) is 9.23. The maximum absolute atomic E-state index is 12.0. The lowest BCUT2D eigenvalue weighted by atomic mass is 10.0. The number of ether oxygens (including phenoxy) is 1. The first kappa shape index (κ1) is 18.1. The summed E-state index contributed by atoms with van der Waals surface area (Å²) in [7, 11) is 0. The maximum Gasteiger partial charge on any atom is 0.417 e. The van der Waals surface area contributed by atoms with Crippen molar-refractivity contribution in [2.75, 3.05) is 6.61 Å². The fourth-order valence-corrected chi connectivity index (χ4v) is 1.55. The van der Waals surface area contributed by atoms with E-state index in [-0.39, 0.29) is 18.9 Å². The number of hydrogen-bond acceptors (Lipinski definition) is 5. The van der Waals surface area contributed by atoms with Gasteiger partial charge in [0.25, 0.3) is 0 Å². The van der Waals surface area contributed by atoms with Gasteiger partial charge in [-0.25, -0.2) is 14.5 Å². The summed E-state index contributed by atoms with van der Waals surface area (Å²) in [6.07, 6.45) is 0.419. The Morgan fingerprint density at radius 3 is 2.25 bits per heavy atom. The Bertz CT molecular complexity index is 379. The molecular formula is C13H22N2O5. The number of nitrogens with two attached hydrogens (primary N) is 1. The molecular weight excluding hydrogens is 264 g/mol. The van der Waals surface area contributed by atoms with Gasteiger partial charge in [0.2, 0.25) is 5.91 Å². The van der Waals surface area contributed by atoms with E-state index >= 15 is 0 Å². The molecule has 0 aliphatic heterocycles. The number of rotatable bonds is 7. The minimum atomic E-state index is -1.30. The van der Waals surface area contributed by atoms with Gasteiger partial charge in [-0.05, 0) is 19.3 Å². The minimum absolute atomic E-state index is 0.0216. The van der Waals surface area contributed by atoms with E-state index in [2.05, 4.69) is 6.58 Å². The highest BCUT2D eigenvalue weighted by atomic mass is 16.6. The summed E-state index contributed by atoms with van der Waals surface area (Å²) in [4.78, 5) is 35.8. The Morgan fingerprint density at radius 1 is 1.35 bits per heavy atom. The Morgan fingerprint density at radius 2 is 1.90 bits per heavy atom. The van der Waals surface area contributed by atoms with Crippen LogP contribution in [0.25, 0.3) is 0 Å². The van der Waals surface area contributed by atoms with Crippen LogP contribution in [0.5, 0.6) is 0 Å². The normalized spacial score (nSPS) is 13.4. The highest BCUT2D eigenvalue weighted by Crippen LogP contribution is 2.15. The number of carboxylic acid groups (broad SMARTS) is 1. The quantitative estimate of drug-likeness (QED) is 0.675. The summed E-state index contributed by atoms with van der Waals surface area (Å²) < 4.78 is 4.77. The van der Waals surface area contributed by atoms with Crippen LogP contribution in [0, 0.1) is 5.92 Å².